The first-order valence-electron chi connectivity index (χ1n) is 10.1. The molecule has 0 unspecified atom stereocenters. The molecule has 148 valence electrons. The van der Waals surface area contributed by atoms with Gasteiger partial charge in [0.25, 0.3) is 0 Å². The third-order valence-electron chi connectivity index (χ3n) is 5.72. The summed E-state index contributed by atoms with van der Waals surface area (Å²) < 4.78 is 6.24. The SMILES string of the molecule is O=C(O)c1cccc(CCC[C@H]2CCC(=O)[C@@H]2Oc2cccc3ccccc23)c1. The smallest absolute Gasteiger partial charge is 0.335 e. The van der Waals surface area contributed by atoms with Crippen molar-refractivity contribution in [3.8, 4) is 5.75 Å². The van der Waals surface area contributed by atoms with Crippen LogP contribution in [-0.4, -0.2) is 23.0 Å². The third-order valence-corrected chi connectivity index (χ3v) is 5.72. The number of aromatic carboxylic acids is 1. The zero-order valence-electron chi connectivity index (χ0n) is 16.2. The number of ketones is 1. The summed E-state index contributed by atoms with van der Waals surface area (Å²) in [5.74, 6) is 0.235. The summed E-state index contributed by atoms with van der Waals surface area (Å²) in [7, 11) is 0. The number of carboxylic acids is 1. The zero-order valence-corrected chi connectivity index (χ0v) is 16.2. The molecule has 0 saturated heterocycles. The van der Waals surface area contributed by atoms with E-state index in [4.69, 9.17) is 9.84 Å². The average molecular weight is 388 g/mol. The van der Waals surface area contributed by atoms with Crippen LogP contribution in [0.5, 0.6) is 5.75 Å². The third kappa shape index (κ3) is 4.32. The molecule has 0 bridgehead atoms. The molecular formula is C25H24O4. The Morgan fingerprint density at radius 3 is 2.69 bits per heavy atom. The number of rotatable bonds is 7. The Bertz CT molecular complexity index is 1030. The van der Waals surface area contributed by atoms with E-state index >= 15 is 0 Å². The lowest BCUT2D eigenvalue weighted by Crippen LogP contribution is -2.28. The zero-order chi connectivity index (χ0) is 20.2. The van der Waals surface area contributed by atoms with E-state index in [0.29, 0.717) is 12.0 Å². The van der Waals surface area contributed by atoms with Crippen molar-refractivity contribution in [2.75, 3.05) is 0 Å². The number of aryl methyl sites for hydroxylation is 1. The van der Waals surface area contributed by atoms with Gasteiger partial charge in [0.1, 0.15) is 5.75 Å². The Morgan fingerprint density at radius 1 is 1.03 bits per heavy atom. The molecule has 0 heterocycles. The maximum absolute atomic E-state index is 12.5. The Balaban J connectivity index is 1.42. The molecule has 1 fully saturated rings. The van der Waals surface area contributed by atoms with Crippen LogP contribution in [0, 0.1) is 5.92 Å². The minimum atomic E-state index is -0.906. The summed E-state index contributed by atoms with van der Waals surface area (Å²) in [6.45, 7) is 0. The van der Waals surface area contributed by atoms with Crippen LogP contribution < -0.4 is 4.74 Å². The molecule has 0 spiro atoms. The highest BCUT2D eigenvalue weighted by Crippen LogP contribution is 2.34. The van der Waals surface area contributed by atoms with Gasteiger partial charge in [-0.1, -0.05) is 48.5 Å². The Kier molecular flexibility index (Phi) is 5.61. The second kappa shape index (κ2) is 8.48. The van der Waals surface area contributed by atoms with Crippen molar-refractivity contribution in [2.24, 2.45) is 5.92 Å². The minimum absolute atomic E-state index is 0.177. The fourth-order valence-electron chi connectivity index (χ4n) is 4.21. The van der Waals surface area contributed by atoms with Gasteiger partial charge in [-0.25, -0.2) is 4.79 Å². The van der Waals surface area contributed by atoms with Crippen LogP contribution >= 0.6 is 0 Å². The van der Waals surface area contributed by atoms with Crippen molar-refractivity contribution in [3.05, 3.63) is 77.9 Å². The van der Waals surface area contributed by atoms with Crippen molar-refractivity contribution in [3.63, 3.8) is 0 Å². The topological polar surface area (TPSA) is 63.6 Å². The fourth-order valence-corrected chi connectivity index (χ4v) is 4.21. The van der Waals surface area contributed by atoms with Crippen LogP contribution in [0.25, 0.3) is 10.8 Å². The summed E-state index contributed by atoms with van der Waals surface area (Å²) in [4.78, 5) is 23.6. The molecule has 3 aromatic carbocycles. The molecular weight excluding hydrogens is 364 g/mol. The average Bonchev–Trinajstić information content (AvgIpc) is 3.08. The number of carbonyl (C=O) groups is 2. The normalized spacial score (nSPS) is 18.8. The monoisotopic (exact) mass is 388 g/mol. The number of fused-ring (bicyclic) bond motifs is 1. The minimum Gasteiger partial charge on any atom is -0.482 e. The second-order valence-corrected chi connectivity index (χ2v) is 7.68. The van der Waals surface area contributed by atoms with Gasteiger partial charge in [-0.15, -0.1) is 0 Å². The summed E-state index contributed by atoms with van der Waals surface area (Å²) in [6.07, 6.45) is 3.60. The van der Waals surface area contributed by atoms with Crippen molar-refractivity contribution in [2.45, 2.75) is 38.2 Å². The van der Waals surface area contributed by atoms with Crippen molar-refractivity contribution in [1.29, 1.82) is 0 Å². The van der Waals surface area contributed by atoms with Gasteiger partial charge in [-0.3, -0.25) is 4.79 Å². The Labute approximate surface area is 170 Å². The van der Waals surface area contributed by atoms with E-state index in [-0.39, 0.29) is 11.7 Å². The van der Waals surface area contributed by atoms with Gasteiger partial charge in [0.15, 0.2) is 11.9 Å². The number of ether oxygens (including phenoxy) is 1. The molecule has 3 aromatic rings. The van der Waals surface area contributed by atoms with Gasteiger partial charge < -0.3 is 9.84 Å². The van der Waals surface area contributed by atoms with Crippen LogP contribution in [0.4, 0.5) is 0 Å². The van der Waals surface area contributed by atoms with E-state index in [1.807, 2.05) is 48.5 Å². The first-order chi connectivity index (χ1) is 14.1. The van der Waals surface area contributed by atoms with Gasteiger partial charge in [0.2, 0.25) is 0 Å². The van der Waals surface area contributed by atoms with Gasteiger partial charge in [0.05, 0.1) is 5.56 Å². The van der Waals surface area contributed by atoms with Crippen molar-refractivity contribution < 1.29 is 19.4 Å². The van der Waals surface area contributed by atoms with Gasteiger partial charge in [-0.05, 0) is 54.8 Å². The van der Waals surface area contributed by atoms with E-state index < -0.39 is 12.1 Å². The lowest BCUT2D eigenvalue weighted by Gasteiger charge is -2.21. The molecule has 0 aliphatic heterocycles. The maximum Gasteiger partial charge on any atom is 0.335 e. The first-order valence-corrected chi connectivity index (χ1v) is 10.1. The molecule has 0 amide bonds. The highest BCUT2D eigenvalue weighted by molar-refractivity contribution is 5.90. The molecule has 0 radical (unpaired) electrons. The van der Waals surface area contributed by atoms with Crippen LogP contribution in [0.15, 0.2) is 66.7 Å². The predicted octanol–water partition coefficient (Wildman–Crippen LogP) is 5.29. The molecule has 2 atom stereocenters. The van der Waals surface area contributed by atoms with E-state index in [1.165, 1.54) is 0 Å². The molecule has 1 aliphatic carbocycles. The van der Waals surface area contributed by atoms with Crippen molar-refractivity contribution >= 4 is 22.5 Å². The van der Waals surface area contributed by atoms with E-state index in [0.717, 1.165) is 47.8 Å². The van der Waals surface area contributed by atoms with Gasteiger partial charge >= 0.3 is 5.97 Å². The Hall–Kier alpha value is -3.14. The van der Waals surface area contributed by atoms with Gasteiger partial charge in [0, 0.05) is 17.7 Å². The highest BCUT2D eigenvalue weighted by Gasteiger charge is 2.36. The maximum atomic E-state index is 12.5. The largest absolute Gasteiger partial charge is 0.482 e. The van der Waals surface area contributed by atoms with Crippen LogP contribution in [-0.2, 0) is 11.2 Å². The molecule has 0 aromatic heterocycles. The lowest BCUT2D eigenvalue weighted by molar-refractivity contribution is -0.124. The number of benzene rings is 3. The predicted molar refractivity (Wildman–Crippen MR) is 112 cm³/mol. The Morgan fingerprint density at radius 2 is 1.83 bits per heavy atom. The number of carboxylic acid groups (broad SMARTS) is 1. The standard InChI is InChI=1S/C25H24O4/c26-22-15-14-19(10-3-6-17-7-4-11-20(16-17)25(27)28)24(22)29-23-13-5-9-18-8-1-2-12-21(18)23/h1-2,4-5,7-9,11-13,16,19,24H,3,6,10,14-15H2,(H,27,28)/t19-,24+/m0/s1. The van der Waals surface area contributed by atoms with Crippen LogP contribution in [0.3, 0.4) is 0 Å². The van der Waals surface area contributed by atoms with Gasteiger partial charge in [-0.2, -0.15) is 0 Å². The highest BCUT2D eigenvalue weighted by atomic mass is 16.5. The summed E-state index contributed by atoms with van der Waals surface area (Å²) >= 11 is 0. The number of carbonyl (C=O) groups excluding carboxylic acids is 1. The molecule has 1 N–H and O–H groups in total. The lowest BCUT2D eigenvalue weighted by atomic mass is 9.96. The molecule has 1 saturated carbocycles. The molecule has 29 heavy (non-hydrogen) atoms. The molecule has 4 rings (SSSR count). The molecule has 4 nitrogen and oxygen atoms in total. The fraction of sp³-hybridized carbons (Fsp3) is 0.280. The van der Waals surface area contributed by atoms with E-state index in [2.05, 4.69) is 0 Å². The van der Waals surface area contributed by atoms with Crippen molar-refractivity contribution in [1.82, 2.24) is 0 Å². The second-order valence-electron chi connectivity index (χ2n) is 7.68. The summed E-state index contributed by atoms with van der Waals surface area (Å²) in [5.41, 5.74) is 1.33. The number of hydrogen-bond donors (Lipinski definition) is 1. The molecule has 1 aliphatic rings. The van der Waals surface area contributed by atoms with E-state index in [9.17, 15) is 9.59 Å². The number of Topliss-reactive ketones (excluding diaryl/α,β-unsaturated/α-hetero) is 1. The first kappa shape index (κ1) is 19.2. The van der Waals surface area contributed by atoms with Crippen LogP contribution in [0.1, 0.15) is 41.6 Å². The molecule has 4 heteroatoms. The van der Waals surface area contributed by atoms with E-state index in [1.54, 1.807) is 18.2 Å². The summed E-state index contributed by atoms with van der Waals surface area (Å²) in [6, 6.07) is 21.0. The number of hydrogen-bond acceptors (Lipinski definition) is 3. The quantitative estimate of drug-likeness (QED) is 0.597. The van der Waals surface area contributed by atoms with Crippen LogP contribution in [0.2, 0.25) is 0 Å². The summed E-state index contributed by atoms with van der Waals surface area (Å²) in [5, 5.41) is 11.3.